The van der Waals surface area contributed by atoms with Crippen molar-refractivity contribution in [3.8, 4) is 0 Å². The molecule has 0 atom stereocenters. The van der Waals surface area contributed by atoms with Crippen molar-refractivity contribution in [3.05, 3.63) is 71.5 Å². The van der Waals surface area contributed by atoms with Crippen molar-refractivity contribution < 1.29 is 9.53 Å². The number of aromatic nitrogens is 3. The maximum absolute atomic E-state index is 13.2. The summed E-state index contributed by atoms with van der Waals surface area (Å²) >= 11 is 0. The lowest BCUT2D eigenvalue weighted by molar-refractivity contribution is -0.118. The lowest BCUT2D eigenvalue weighted by Gasteiger charge is -2.24. The van der Waals surface area contributed by atoms with Gasteiger partial charge in [0, 0.05) is 7.11 Å². The van der Waals surface area contributed by atoms with Crippen LogP contribution in [0, 0.1) is 0 Å². The first kappa shape index (κ1) is 16.5. The van der Waals surface area contributed by atoms with Crippen molar-refractivity contribution in [1.82, 2.24) is 15.0 Å². The molecule has 0 fully saturated rings. The number of hydrogen-bond donors (Lipinski definition) is 0. The van der Waals surface area contributed by atoms with E-state index in [4.69, 9.17) is 4.74 Å². The van der Waals surface area contributed by atoms with Crippen LogP contribution >= 0.6 is 0 Å². The molecule has 0 N–H and O–H groups in total. The van der Waals surface area contributed by atoms with Crippen LogP contribution in [0.4, 0.5) is 11.4 Å². The summed E-state index contributed by atoms with van der Waals surface area (Å²) in [6.07, 6.45) is 3.58. The summed E-state index contributed by atoms with van der Waals surface area (Å²) in [6.45, 7) is 0.503. The number of anilines is 2. The lowest BCUT2D eigenvalue weighted by Crippen LogP contribution is -2.30. The van der Waals surface area contributed by atoms with Gasteiger partial charge in [-0.15, -0.1) is 5.10 Å². The number of para-hydroxylation sites is 2. The second kappa shape index (κ2) is 7.09. The highest BCUT2D eigenvalue weighted by Gasteiger charge is 2.25. The standard InChI is InChI=1S/C20H20N4O2/c1-26-14-17-12-23(22-21-17)13-20(25)24-18-8-4-2-6-15(18)10-11-16-7-3-5-9-19(16)24/h2-9,12H,10-11,13-14H2,1H3. The Morgan fingerprint density at radius 2 is 1.65 bits per heavy atom. The van der Waals surface area contributed by atoms with Gasteiger partial charge in [-0.1, -0.05) is 41.6 Å². The Morgan fingerprint density at radius 3 is 2.27 bits per heavy atom. The summed E-state index contributed by atoms with van der Waals surface area (Å²) < 4.78 is 6.62. The minimum atomic E-state index is -0.0410. The third-order valence-electron chi connectivity index (χ3n) is 4.55. The van der Waals surface area contributed by atoms with E-state index in [2.05, 4.69) is 22.4 Å². The van der Waals surface area contributed by atoms with E-state index in [1.54, 1.807) is 18.0 Å². The minimum absolute atomic E-state index is 0.0410. The molecule has 6 nitrogen and oxygen atoms in total. The molecule has 3 aromatic rings. The fourth-order valence-corrected chi connectivity index (χ4v) is 3.39. The molecule has 0 bridgehead atoms. The molecule has 4 rings (SSSR count). The summed E-state index contributed by atoms with van der Waals surface area (Å²) in [5.41, 5.74) is 4.95. The predicted molar refractivity (Wildman–Crippen MR) is 98.2 cm³/mol. The van der Waals surface area contributed by atoms with Crippen molar-refractivity contribution in [2.45, 2.75) is 26.0 Å². The highest BCUT2D eigenvalue weighted by Crippen LogP contribution is 2.36. The van der Waals surface area contributed by atoms with Gasteiger partial charge >= 0.3 is 0 Å². The first-order valence-electron chi connectivity index (χ1n) is 8.63. The van der Waals surface area contributed by atoms with Gasteiger partial charge in [0.05, 0.1) is 24.2 Å². The van der Waals surface area contributed by atoms with E-state index in [9.17, 15) is 4.79 Å². The number of amides is 1. The number of hydrogen-bond acceptors (Lipinski definition) is 4. The molecule has 1 amide bonds. The first-order chi connectivity index (χ1) is 12.8. The number of fused-ring (bicyclic) bond motifs is 2. The molecule has 0 unspecified atom stereocenters. The Hall–Kier alpha value is -2.99. The Labute approximate surface area is 152 Å². The van der Waals surface area contributed by atoms with Gasteiger partial charge in [0.2, 0.25) is 0 Å². The molecule has 1 aromatic heterocycles. The molecule has 26 heavy (non-hydrogen) atoms. The van der Waals surface area contributed by atoms with Crippen LogP contribution in [0.1, 0.15) is 16.8 Å². The van der Waals surface area contributed by atoms with E-state index in [0.717, 1.165) is 24.2 Å². The Balaban J connectivity index is 1.70. The zero-order valence-electron chi connectivity index (χ0n) is 14.6. The smallest absolute Gasteiger partial charge is 0.253 e. The Kier molecular flexibility index (Phi) is 4.50. The van der Waals surface area contributed by atoms with Gasteiger partial charge in [0.25, 0.3) is 5.91 Å². The molecule has 2 heterocycles. The molecule has 6 heteroatoms. The van der Waals surface area contributed by atoms with Crippen LogP contribution in [0.25, 0.3) is 0 Å². The molecule has 1 aliphatic heterocycles. The monoisotopic (exact) mass is 348 g/mol. The second-order valence-electron chi connectivity index (χ2n) is 6.33. The molecule has 0 saturated carbocycles. The van der Waals surface area contributed by atoms with E-state index in [1.807, 2.05) is 41.3 Å². The van der Waals surface area contributed by atoms with E-state index < -0.39 is 0 Å². The van der Waals surface area contributed by atoms with Gasteiger partial charge in [0.15, 0.2) is 0 Å². The van der Waals surface area contributed by atoms with Crippen molar-refractivity contribution in [2.24, 2.45) is 0 Å². The average molecular weight is 348 g/mol. The van der Waals surface area contributed by atoms with Gasteiger partial charge in [-0.05, 0) is 36.1 Å². The van der Waals surface area contributed by atoms with Crippen molar-refractivity contribution in [2.75, 3.05) is 12.0 Å². The van der Waals surface area contributed by atoms with Crippen LogP contribution in [0.2, 0.25) is 0 Å². The molecule has 1 aliphatic rings. The maximum Gasteiger partial charge on any atom is 0.253 e. The summed E-state index contributed by atoms with van der Waals surface area (Å²) in [4.78, 5) is 15.0. The van der Waals surface area contributed by atoms with Gasteiger partial charge in [-0.25, -0.2) is 4.68 Å². The van der Waals surface area contributed by atoms with Crippen molar-refractivity contribution in [1.29, 1.82) is 0 Å². The van der Waals surface area contributed by atoms with Crippen LogP contribution in [-0.2, 0) is 35.5 Å². The fraction of sp³-hybridized carbons (Fsp3) is 0.250. The summed E-state index contributed by atoms with van der Waals surface area (Å²) in [7, 11) is 1.61. The van der Waals surface area contributed by atoms with Gasteiger partial charge in [-0.3, -0.25) is 9.69 Å². The van der Waals surface area contributed by atoms with E-state index >= 15 is 0 Å². The predicted octanol–water partition coefficient (Wildman–Crippen LogP) is 2.89. The summed E-state index contributed by atoms with van der Waals surface area (Å²) in [6, 6.07) is 16.2. The average Bonchev–Trinajstić information content (AvgIpc) is 3.01. The zero-order valence-corrected chi connectivity index (χ0v) is 14.6. The first-order valence-corrected chi connectivity index (χ1v) is 8.63. The summed E-state index contributed by atoms with van der Waals surface area (Å²) in [5.74, 6) is -0.0410. The third-order valence-corrected chi connectivity index (χ3v) is 4.55. The van der Waals surface area contributed by atoms with E-state index in [0.29, 0.717) is 12.3 Å². The Morgan fingerprint density at radius 1 is 1.04 bits per heavy atom. The molecule has 132 valence electrons. The number of carbonyl (C=O) groups is 1. The van der Waals surface area contributed by atoms with Gasteiger partial charge in [-0.2, -0.15) is 0 Å². The van der Waals surface area contributed by atoms with Crippen molar-refractivity contribution >= 4 is 17.3 Å². The van der Waals surface area contributed by atoms with Crippen LogP contribution in [0.5, 0.6) is 0 Å². The minimum Gasteiger partial charge on any atom is -0.378 e. The molecule has 0 saturated heterocycles. The topological polar surface area (TPSA) is 60.2 Å². The molecular weight excluding hydrogens is 328 g/mol. The summed E-state index contributed by atoms with van der Waals surface area (Å²) in [5, 5.41) is 8.07. The van der Waals surface area contributed by atoms with Gasteiger partial charge in [0.1, 0.15) is 12.2 Å². The molecule has 2 aromatic carbocycles. The zero-order chi connectivity index (χ0) is 17.9. The lowest BCUT2D eigenvalue weighted by atomic mass is 10.0. The van der Waals surface area contributed by atoms with Crippen LogP contribution < -0.4 is 4.90 Å². The van der Waals surface area contributed by atoms with E-state index in [1.165, 1.54) is 11.1 Å². The number of ether oxygens (including phenoxy) is 1. The number of rotatable bonds is 4. The Bertz CT molecular complexity index is 887. The SMILES string of the molecule is COCc1cn(CC(=O)N2c3ccccc3CCc3ccccc32)nn1. The normalized spacial score (nSPS) is 13.0. The molecule has 0 radical (unpaired) electrons. The molecule has 0 spiro atoms. The second-order valence-corrected chi connectivity index (χ2v) is 6.33. The number of aryl methyl sites for hydroxylation is 2. The number of carbonyl (C=O) groups excluding carboxylic acids is 1. The number of nitrogens with zero attached hydrogens (tertiary/aromatic N) is 4. The third kappa shape index (κ3) is 3.11. The van der Waals surface area contributed by atoms with Crippen LogP contribution in [0.15, 0.2) is 54.7 Å². The highest BCUT2D eigenvalue weighted by molar-refractivity contribution is 6.02. The van der Waals surface area contributed by atoms with Gasteiger partial charge < -0.3 is 4.74 Å². The van der Waals surface area contributed by atoms with Crippen LogP contribution in [-0.4, -0.2) is 28.0 Å². The van der Waals surface area contributed by atoms with E-state index in [-0.39, 0.29) is 12.5 Å². The molecular formula is C20H20N4O2. The fourth-order valence-electron chi connectivity index (χ4n) is 3.39. The molecule has 0 aliphatic carbocycles. The van der Waals surface area contributed by atoms with Crippen molar-refractivity contribution in [3.63, 3.8) is 0 Å². The largest absolute Gasteiger partial charge is 0.378 e. The quantitative estimate of drug-likeness (QED) is 0.727. The highest BCUT2D eigenvalue weighted by atomic mass is 16.5. The van der Waals surface area contributed by atoms with Crippen LogP contribution in [0.3, 0.4) is 0 Å². The maximum atomic E-state index is 13.2. The number of benzene rings is 2. The number of methoxy groups -OCH3 is 1.